The van der Waals surface area contributed by atoms with Crippen LogP contribution in [-0.4, -0.2) is 15.6 Å². The van der Waals surface area contributed by atoms with Crippen LogP contribution in [0.5, 0.6) is 0 Å². The van der Waals surface area contributed by atoms with Crippen LogP contribution in [0.3, 0.4) is 0 Å². The third-order valence-corrected chi connectivity index (χ3v) is 3.30. The zero-order chi connectivity index (χ0) is 13.3. The normalized spacial score (nSPS) is 11.1. The van der Waals surface area contributed by atoms with E-state index in [1.54, 1.807) is 10.6 Å². The fourth-order valence-corrected chi connectivity index (χ4v) is 2.39. The van der Waals surface area contributed by atoms with Crippen molar-refractivity contribution in [1.82, 2.24) is 4.57 Å². The lowest BCUT2D eigenvalue weighted by Gasteiger charge is -2.05. The number of carbonyl (C=O) groups is 1. The van der Waals surface area contributed by atoms with E-state index in [9.17, 15) is 14.3 Å². The lowest BCUT2D eigenvalue weighted by Crippen LogP contribution is -2.00. The summed E-state index contributed by atoms with van der Waals surface area (Å²) in [6.07, 6.45) is 1.86. The average Bonchev–Trinajstić information content (AvgIpc) is 2.58. The van der Waals surface area contributed by atoms with Crippen molar-refractivity contribution >= 4 is 28.5 Å². The van der Waals surface area contributed by atoms with Gasteiger partial charge in [0, 0.05) is 11.9 Å². The summed E-state index contributed by atoms with van der Waals surface area (Å²) in [7, 11) is 0. The minimum Gasteiger partial charge on any atom is -0.478 e. The minimum atomic E-state index is -1.13. The van der Waals surface area contributed by atoms with Gasteiger partial charge in [0.1, 0.15) is 16.5 Å². The van der Waals surface area contributed by atoms with Gasteiger partial charge in [0.15, 0.2) is 0 Å². The van der Waals surface area contributed by atoms with Crippen molar-refractivity contribution in [2.24, 2.45) is 0 Å². The van der Waals surface area contributed by atoms with E-state index in [4.69, 9.17) is 11.6 Å². The van der Waals surface area contributed by atoms with Crippen molar-refractivity contribution < 1.29 is 14.3 Å². The predicted octanol–water partition coefficient (Wildman–Crippen LogP) is 3.93. The van der Waals surface area contributed by atoms with Gasteiger partial charge >= 0.3 is 5.97 Å². The molecule has 0 atom stereocenters. The lowest BCUT2D eigenvalue weighted by atomic mass is 10.2. The molecule has 0 aliphatic heterocycles. The summed E-state index contributed by atoms with van der Waals surface area (Å²) in [5.41, 5.74) is 0.634. The molecule has 0 unspecified atom stereocenters. The van der Waals surface area contributed by atoms with Crippen LogP contribution in [0.15, 0.2) is 18.2 Å². The van der Waals surface area contributed by atoms with E-state index in [-0.39, 0.29) is 10.7 Å². The highest BCUT2D eigenvalue weighted by Gasteiger charge is 2.20. The van der Waals surface area contributed by atoms with Crippen LogP contribution in [0.2, 0.25) is 5.15 Å². The number of aryl methyl sites for hydroxylation is 1. The topological polar surface area (TPSA) is 42.2 Å². The summed E-state index contributed by atoms with van der Waals surface area (Å²) >= 11 is 6.09. The molecule has 0 spiro atoms. The van der Waals surface area contributed by atoms with E-state index in [2.05, 4.69) is 0 Å². The van der Waals surface area contributed by atoms with Crippen molar-refractivity contribution in [3.05, 3.63) is 34.7 Å². The molecule has 1 N–H and O–H groups in total. The molecule has 0 amide bonds. The molecule has 0 aliphatic rings. The highest BCUT2D eigenvalue weighted by molar-refractivity contribution is 6.35. The van der Waals surface area contributed by atoms with Gasteiger partial charge in [-0.1, -0.05) is 24.9 Å². The van der Waals surface area contributed by atoms with Gasteiger partial charge in [0.25, 0.3) is 0 Å². The number of unbranched alkanes of at least 4 members (excludes halogenated alkanes) is 1. The van der Waals surface area contributed by atoms with Gasteiger partial charge in [-0.2, -0.15) is 0 Å². The summed E-state index contributed by atoms with van der Waals surface area (Å²) in [5.74, 6) is -1.60. The predicted molar refractivity (Wildman–Crippen MR) is 68.8 cm³/mol. The van der Waals surface area contributed by atoms with E-state index in [0.29, 0.717) is 17.4 Å². The largest absolute Gasteiger partial charge is 0.478 e. The van der Waals surface area contributed by atoms with Gasteiger partial charge in [0.2, 0.25) is 0 Å². The summed E-state index contributed by atoms with van der Waals surface area (Å²) < 4.78 is 15.0. The monoisotopic (exact) mass is 269 g/mol. The van der Waals surface area contributed by atoms with Crippen molar-refractivity contribution in [1.29, 1.82) is 0 Å². The Morgan fingerprint density at radius 3 is 2.83 bits per heavy atom. The first-order valence-electron chi connectivity index (χ1n) is 5.76. The minimum absolute atomic E-state index is 0.0257. The highest BCUT2D eigenvalue weighted by atomic mass is 35.5. The van der Waals surface area contributed by atoms with Crippen molar-refractivity contribution in [2.75, 3.05) is 0 Å². The van der Waals surface area contributed by atoms with E-state index in [1.807, 2.05) is 6.92 Å². The molecule has 0 saturated carbocycles. The SMILES string of the molecule is CCCCn1c(Cl)c(C(=O)O)c2cc(F)ccc21. The molecule has 5 heteroatoms. The summed E-state index contributed by atoms with van der Waals surface area (Å²) in [6, 6.07) is 4.10. The molecule has 0 fully saturated rings. The third-order valence-electron chi connectivity index (χ3n) is 2.91. The number of aromatic carboxylic acids is 1. The van der Waals surface area contributed by atoms with E-state index >= 15 is 0 Å². The molecule has 96 valence electrons. The summed E-state index contributed by atoms with van der Waals surface area (Å²) in [5, 5.41) is 9.69. The Balaban J connectivity index is 2.70. The van der Waals surface area contributed by atoms with Crippen molar-refractivity contribution in [2.45, 2.75) is 26.3 Å². The molecule has 0 aliphatic carbocycles. The van der Waals surface area contributed by atoms with Crippen LogP contribution in [0, 0.1) is 5.82 Å². The van der Waals surface area contributed by atoms with Gasteiger partial charge in [-0.3, -0.25) is 0 Å². The van der Waals surface area contributed by atoms with E-state index < -0.39 is 11.8 Å². The molecule has 18 heavy (non-hydrogen) atoms. The fraction of sp³-hybridized carbons (Fsp3) is 0.308. The quantitative estimate of drug-likeness (QED) is 0.914. The molecule has 1 aromatic heterocycles. The molecule has 0 radical (unpaired) electrons. The van der Waals surface area contributed by atoms with Crippen LogP contribution in [0.1, 0.15) is 30.1 Å². The lowest BCUT2D eigenvalue weighted by molar-refractivity contribution is 0.0699. The first kappa shape index (κ1) is 12.9. The maximum Gasteiger partial charge on any atom is 0.339 e. The first-order chi connectivity index (χ1) is 8.56. The Labute approximate surface area is 109 Å². The summed E-state index contributed by atoms with van der Waals surface area (Å²) in [4.78, 5) is 11.2. The van der Waals surface area contributed by atoms with Crippen LogP contribution >= 0.6 is 11.6 Å². The molecule has 2 rings (SSSR count). The van der Waals surface area contributed by atoms with Crippen molar-refractivity contribution in [3.63, 3.8) is 0 Å². The Hall–Kier alpha value is -1.55. The number of carboxylic acids is 1. The number of nitrogens with zero attached hydrogens (tertiary/aromatic N) is 1. The maximum atomic E-state index is 13.2. The van der Waals surface area contributed by atoms with Crippen LogP contribution in [-0.2, 0) is 6.54 Å². The van der Waals surface area contributed by atoms with Gasteiger partial charge in [-0.25, -0.2) is 9.18 Å². The fourth-order valence-electron chi connectivity index (χ4n) is 2.03. The molecular formula is C13H13ClFNO2. The Kier molecular flexibility index (Phi) is 3.57. The number of carboxylic acid groups (broad SMARTS) is 1. The number of aromatic nitrogens is 1. The zero-order valence-electron chi connectivity index (χ0n) is 9.91. The number of halogens is 2. The van der Waals surface area contributed by atoms with Gasteiger partial charge in [0.05, 0.1) is 5.52 Å². The second kappa shape index (κ2) is 4.98. The second-order valence-electron chi connectivity index (χ2n) is 4.14. The van der Waals surface area contributed by atoms with Crippen LogP contribution in [0.4, 0.5) is 4.39 Å². The van der Waals surface area contributed by atoms with Gasteiger partial charge in [-0.05, 0) is 24.6 Å². The zero-order valence-corrected chi connectivity index (χ0v) is 10.7. The Morgan fingerprint density at radius 2 is 2.22 bits per heavy atom. The Morgan fingerprint density at radius 1 is 1.50 bits per heavy atom. The molecule has 1 aromatic carbocycles. The van der Waals surface area contributed by atoms with Crippen LogP contribution in [0.25, 0.3) is 10.9 Å². The maximum absolute atomic E-state index is 13.2. The molecule has 3 nitrogen and oxygen atoms in total. The molecule has 0 bridgehead atoms. The number of hydrogen-bond donors (Lipinski definition) is 1. The van der Waals surface area contributed by atoms with E-state index in [0.717, 1.165) is 12.8 Å². The van der Waals surface area contributed by atoms with Crippen molar-refractivity contribution in [3.8, 4) is 0 Å². The second-order valence-corrected chi connectivity index (χ2v) is 4.50. The first-order valence-corrected chi connectivity index (χ1v) is 6.14. The average molecular weight is 270 g/mol. The molecular weight excluding hydrogens is 257 g/mol. The number of benzene rings is 1. The Bertz CT molecular complexity index is 607. The number of rotatable bonds is 4. The number of hydrogen-bond acceptors (Lipinski definition) is 1. The number of fused-ring (bicyclic) bond motifs is 1. The van der Waals surface area contributed by atoms with Gasteiger partial charge in [-0.15, -0.1) is 0 Å². The van der Waals surface area contributed by atoms with E-state index in [1.165, 1.54) is 12.1 Å². The standard InChI is InChI=1S/C13H13ClFNO2/c1-2-3-6-16-10-5-4-8(15)7-9(10)11(12(16)14)13(17)18/h4-5,7H,2-3,6H2,1H3,(H,17,18). The highest BCUT2D eigenvalue weighted by Crippen LogP contribution is 2.31. The summed E-state index contributed by atoms with van der Waals surface area (Å²) in [6.45, 7) is 2.67. The van der Waals surface area contributed by atoms with Crippen LogP contribution < -0.4 is 0 Å². The molecule has 0 saturated heterocycles. The third kappa shape index (κ3) is 2.08. The molecule has 2 aromatic rings. The van der Waals surface area contributed by atoms with Gasteiger partial charge < -0.3 is 9.67 Å². The molecule has 1 heterocycles. The smallest absolute Gasteiger partial charge is 0.339 e.